The number of nitriles is 1. The number of hydrogen-bond donors (Lipinski definition) is 1. The molecule has 1 aromatic rings. The van der Waals surface area contributed by atoms with Crippen LogP contribution in [0.25, 0.3) is 0 Å². The maximum atomic E-state index is 13.5. The maximum absolute atomic E-state index is 13.5. The first kappa shape index (κ1) is 16.6. The van der Waals surface area contributed by atoms with Gasteiger partial charge >= 0.3 is 0 Å². The van der Waals surface area contributed by atoms with Gasteiger partial charge in [0.15, 0.2) is 0 Å². The second-order valence-corrected chi connectivity index (χ2v) is 6.99. The molecule has 0 saturated carbocycles. The van der Waals surface area contributed by atoms with Crippen molar-refractivity contribution in [1.29, 1.82) is 5.26 Å². The third-order valence-corrected chi connectivity index (χ3v) is 4.73. The Morgan fingerprint density at radius 3 is 2.50 bits per heavy atom. The van der Waals surface area contributed by atoms with Crippen molar-refractivity contribution in [2.24, 2.45) is 0 Å². The molecule has 0 aliphatic rings. The summed E-state index contributed by atoms with van der Waals surface area (Å²) in [6.07, 6.45) is 0. The first-order valence-electron chi connectivity index (χ1n) is 5.97. The molecule has 1 aromatic carbocycles. The van der Waals surface area contributed by atoms with Crippen molar-refractivity contribution < 1.29 is 12.8 Å². The van der Waals surface area contributed by atoms with Gasteiger partial charge in [0.25, 0.3) is 0 Å². The van der Waals surface area contributed by atoms with Crippen molar-refractivity contribution in [2.75, 3.05) is 20.6 Å². The SMILES string of the molecule is CN(C)C(C)(C)CNS(=O)(=O)c1cccc(F)c1C#N. The molecule has 0 atom stereocenters. The molecule has 0 bridgehead atoms. The molecule has 0 aliphatic carbocycles. The summed E-state index contributed by atoms with van der Waals surface area (Å²) in [5.41, 5.74) is -0.879. The van der Waals surface area contributed by atoms with E-state index in [4.69, 9.17) is 5.26 Å². The Morgan fingerprint density at radius 1 is 1.40 bits per heavy atom. The number of nitrogens with one attached hydrogen (secondary N) is 1. The van der Waals surface area contributed by atoms with E-state index in [0.717, 1.165) is 6.07 Å². The Kier molecular flexibility index (Phi) is 4.86. The normalized spacial score (nSPS) is 12.4. The highest BCUT2D eigenvalue weighted by atomic mass is 32.2. The van der Waals surface area contributed by atoms with Crippen LogP contribution in [-0.2, 0) is 10.0 Å². The smallest absolute Gasteiger partial charge is 0.242 e. The minimum atomic E-state index is -3.93. The lowest BCUT2D eigenvalue weighted by Gasteiger charge is -2.32. The number of benzene rings is 1. The summed E-state index contributed by atoms with van der Waals surface area (Å²) in [5.74, 6) is -0.845. The zero-order valence-corrected chi connectivity index (χ0v) is 12.8. The average molecular weight is 299 g/mol. The molecular weight excluding hydrogens is 281 g/mol. The van der Waals surface area contributed by atoms with E-state index in [1.54, 1.807) is 6.07 Å². The summed E-state index contributed by atoms with van der Waals surface area (Å²) in [6, 6.07) is 5.12. The third-order valence-electron chi connectivity index (χ3n) is 3.28. The Bertz CT molecular complexity index is 634. The summed E-state index contributed by atoms with van der Waals surface area (Å²) in [7, 11) is -0.270. The summed E-state index contributed by atoms with van der Waals surface area (Å²) >= 11 is 0. The number of sulfonamides is 1. The highest BCUT2D eigenvalue weighted by Crippen LogP contribution is 2.18. The molecular formula is C13H18FN3O2S. The highest BCUT2D eigenvalue weighted by Gasteiger charge is 2.26. The van der Waals surface area contributed by atoms with Gasteiger partial charge < -0.3 is 4.90 Å². The van der Waals surface area contributed by atoms with Crippen LogP contribution < -0.4 is 4.72 Å². The van der Waals surface area contributed by atoms with Crippen LogP contribution in [0.2, 0.25) is 0 Å². The molecule has 0 saturated heterocycles. The molecule has 20 heavy (non-hydrogen) atoms. The van der Waals surface area contributed by atoms with E-state index in [0.29, 0.717) is 0 Å². The molecule has 0 radical (unpaired) electrons. The molecule has 0 spiro atoms. The monoisotopic (exact) mass is 299 g/mol. The third kappa shape index (κ3) is 3.54. The molecule has 1 rings (SSSR count). The van der Waals surface area contributed by atoms with Gasteiger partial charge in [-0.3, -0.25) is 0 Å². The minimum Gasteiger partial charge on any atom is -0.303 e. The first-order chi connectivity index (χ1) is 9.12. The largest absolute Gasteiger partial charge is 0.303 e. The highest BCUT2D eigenvalue weighted by molar-refractivity contribution is 7.89. The molecule has 0 fully saturated rings. The van der Waals surface area contributed by atoms with E-state index >= 15 is 0 Å². The zero-order valence-electron chi connectivity index (χ0n) is 11.9. The molecule has 5 nitrogen and oxygen atoms in total. The fourth-order valence-corrected chi connectivity index (χ4v) is 2.71. The lowest BCUT2D eigenvalue weighted by molar-refractivity contribution is 0.199. The molecule has 0 aromatic heterocycles. The van der Waals surface area contributed by atoms with Crippen molar-refractivity contribution >= 4 is 10.0 Å². The zero-order chi connectivity index (χ0) is 15.6. The summed E-state index contributed by atoms with van der Waals surface area (Å²) in [6.45, 7) is 3.88. The Labute approximate surface area is 119 Å². The van der Waals surface area contributed by atoms with Crippen molar-refractivity contribution in [3.8, 4) is 6.07 Å². The van der Waals surface area contributed by atoms with E-state index in [9.17, 15) is 12.8 Å². The summed E-state index contributed by atoms with van der Waals surface area (Å²) < 4.78 is 40.2. The Hall–Kier alpha value is -1.49. The molecule has 0 heterocycles. The predicted octanol–water partition coefficient (Wildman–Crippen LogP) is 1.32. The molecule has 0 unspecified atom stereocenters. The standard InChI is InChI=1S/C13H18FN3O2S/c1-13(2,17(3)4)9-16-20(18,19)12-7-5-6-11(14)10(12)8-15/h5-7,16H,9H2,1-4H3. The van der Waals surface area contributed by atoms with Crippen LogP contribution in [0.3, 0.4) is 0 Å². The average Bonchev–Trinajstić information content (AvgIpc) is 2.36. The van der Waals surface area contributed by atoms with Crippen molar-refractivity contribution in [3.63, 3.8) is 0 Å². The second-order valence-electron chi connectivity index (χ2n) is 5.26. The van der Waals surface area contributed by atoms with Crippen LogP contribution in [0.5, 0.6) is 0 Å². The van der Waals surface area contributed by atoms with Crippen LogP contribution in [0, 0.1) is 17.1 Å². The fourth-order valence-electron chi connectivity index (χ4n) is 1.34. The molecule has 0 aliphatic heterocycles. The van der Waals surface area contributed by atoms with E-state index in [-0.39, 0.29) is 11.4 Å². The van der Waals surface area contributed by atoms with E-state index < -0.39 is 26.9 Å². The molecule has 1 N–H and O–H groups in total. The van der Waals surface area contributed by atoms with Gasteiger partial charge in [0.1, 0.15) is 22.3 Å². The van der Waals surface area contributed by atoms with E-state index in [1.807, 2.05) is 32.8 Å². The van der Waals surface area contributed by atoms with E-state index in [2.05, 4.69) is 4.72 Å². The van der Waals surface area contributed by atoms with Gasteiger partial charge in [-0.15, -0.1) is 0 Å². The molecule has 110 valence electrons. The van der Waals surface area contributed by atoms with Gasteiger partial charge in [-0.05, 0) is 40.1 Å². The van der Waals surface area contributed by atoms with Crippen LogP contribution in [0.15, 0.2) is 23.1 Å². The lowest BCUT2D eigenvalue weighted by Crippen LogP contribution is -2.48. The number of hydrogen-bond acceptors (Lipinski definition) is 4. The van der Waals surface area contributed by atoms with Gasteiger partial charge in [-0.1, -0.05) is 6.07 Å². The number of nitrogens with zero attached hydrogens (tertiary/aromatic N) is 2. The van der Waals surface area contributed by atoms with Crippen LogP contribution in [0.1, 0.15) is 19.4 Å². The second kappa shape index (κ2) is 5.87. The fraction of sp³-hybridized carbons (Fsp3) is 0.462. The van der Waals surface area contributed by atoms with Gasteiger partial charge in [-0.2, -0.15) is 5.26 Å². The van der Waals surface area contributed by atoms with Crippen LogP contribution in [-0.4, -0.2) is 39.5 Å². The van der Waals surface area contributed by atoms with Crippen LogP contribution >= 0.6 is 0 Å². The van der Waals surface area contributed by atoms with Crippen molar-refractivity contribution in [2.45, 2.75) is 24.3 Å². The van der Waals surface area contributed by atoms with Gasteiger partial charge in [0, 0.05) is 12.1 Å². The summed E-state index contributed by atoms with van der Waals surface area (Å²) in [4.78, 5) is 1.53. The van der Waals surface area contributed by atoms with Gasteiger partial charge in [-0.25, -0.2) is 17.5 Å². The summed E-state index contributed by atoms with van der Waals surface area (Å²) in [5, 5.41) is 8.89. The minimum absolute atomic E-state index is 0.143. The first-order valence-corrected chi connectivity index (χ1v) is 7.46. The van der Waals surface area contributed by atoms with Gasteiger partial charge in [0.05, 0.1) is 0 Å². The van der Waals surface area contributed by atoms with E-state index in [1.165, 1.54) is 12.1 Å². The molecule has 7 heteroatoms. The van der Waals surface area contributed by atoms with Crippen LogP contribution in [0.4, 0.5) is 4.39 Å². The Balaban J connectivity index is 3.09. The number of rotatable bonds is 5. The van der Waals surface area contributed by atoms with Crippen molar-refractivity contribution in [1.82, 2.24) is 9.62 Å². The maximum Gasteiger partial charge on any atom is 0.242 e. The Morgan fingerprint density at radius 2 is 2.00 bits per heavy atom. The molecule has 0 amide bonds. The van der Waals surface area contributed by atoms with Crippen molar-refractivity contribution in [3.05, 3.63) is 29.6 Å². The lowest BCUT2D eigenvalue weighted by atomic mass is 10.1. The quantitative estimate of drug-likeness (QED) is 0.890. The van der Waals surface area contributed by atoms with Gasteiger partial charge in [0.2, 0.25) is 10.0 Å². The predicted molar refractivity (Wildman–Crippen MR) is 74.1 cm³/mol. The topological polar surface area (TPSA) is 73.2 Å². The number of likely N-dealkylation sites (N-methyl/N-ethyl adjacent to an activating group) is 1. The number of halogens is 1.